The first-order chi connectivity index (χ1) is 20.6. The van der Waals surface area contributed by atoms with Gasteiger partial charge in [0.25, 0.3) is 5.91 Å². The molecule has 5 rings (SSSR count). The van der Waals surface area contributed by atoms with Crippen LogP contribution in [0.25, 0.3) is 11.3 Å². The fourth-order valence-corrected chi connectivity index (χ4v) is 4.27. The van der Waals surface area contributed by atoms with E-state index in [1.54, 1.807) is 36.7 Å². The number of pyridine rings is 1. The van der Waals surface area contributed by atoms with Crippen molar-refractivity contribution < 1.29 is 23.8 Å². The van der Waals surface area contributed by atoms with Crippen LogP contribution in [0.5, 0.6) is 5.75 Å². The van der Waals surface area contributed by atoms with Crippen molar-refractivity contribution in [2.45, 2.75) is 6.61 Å². The molecular formula is C30H31N7O5. The highest BCUT2D eigenvalue weighted by molar-refractivity contribution is 6.07. The third kappa shape index (κ3) is 7.49. The van der Waals surface area contributed by atoms with E-state index in [9.17, 15) is 9.59 Å². The van der Waals surface area contributed by atoms with Gasteiger partial charge in [0.1, 0.15) is 19.0 Å². The maximum absolute atomic E-state index is 13.2. The largest absolute Gasteiger partial charge is 0.492 e. The number of alkyl carbamates (subject to hydrolysis) is 1. The van der Waals surface area contributed by atoms with Crippen LogP contribution in [0, 0.1) is 0 Å². The number of aromatic nitrogens is 3. The molecule has 2 aromatic carbocycles. The second-order valence-corrected chi connectivity index (χ2v) is 9.30. The molecule has 2 amide bonds. The van der Waals surface area contributed by atoms with Crippen LogP contribution in [0.15, 0.2) is 79.3 Å². The number of benzene rings is 2. The lowest BCUT2D eigenvalue weighted by molar-refractivity contribution is 0.102. The van der Waals surface area contributed by atoms with E-state index in [-0.39, 0.29) is 31.3 Å². The zero-order valence-corrected chi connectivity index (χ0v) is 22.9. The van der Waals surface area contributed by atoms with Crippen LogP contribution in [-0.2, 0) is 16.1 Å². The number of nitrogens with two attached hydrogens (primary N) is 1. The van der Waals surface area contributed by atoms with Gasteiger partial charge < -0.3 is 35.5 Å². The van der Waals surface area contributed by atoms with Crippen LogP contribution in [0.4, 0.5) is 22.0 Å². The molecule has 1 aliphatic rings. The highest BCUT2D eigenvalue weighted by atomic mass is 16.5. The number of anilines is 3. The molecule has 0 bridgehead atoms. The Morgan fingerprint density at radius 1 is 1.00 bits per heavy atom. The SMILES string of the molecule is Nc1ncc(-c2ccc(OCCNC(=O)OCc3ccccc3)cc2)nc1C(=O)Nc1cnccc1N1CCOCC1. The van der Waals surface area contributed by atoms with Gasteiger partial charge in [-0.3, -0.25) is 9.78 Å². The van der Waals surface area contributed by atoms with Crippen molar-refractivity contribution in [3.63, 3.8) is 0 Å². The molecule has 1 fully saturated rings. The number of nitrogen functional groups attached to an aromatic ring is 1. The van der Waals surface area contributed by atoms with E-state index in [2.05, 4.69) is 30.5 Å². The molecule has 12 heteroatoms. The van der Waals surface area contributed by atoms with Gasteiger partial charge in [-0.05, 0) is 35.9 Å². The molecule has 1 saturated heterocycles. The van der Waals surface area contributed by atoms with Gasteiger partial charge in [-0.2, -0.15) is 0 Å². The molecule has 216 valence electrons. The Kier molecular flexibility index (Phi) is 9.37. The Labute approximate surface area is 242 Å². The van der Waals surface area contributed by atoms with Crippen LogP contribution in [0.3, 0.4) is 0 Å². The van der Waals surface area contributed by atoms with Crippen LogP contribution in [-0.4, -0.2) is 66.4 Å². The summed E-state index contributed by atoms with van der Waals surface area (Å²) in [6.45, 7) is 3.38. The fourth-order valence-electron chi connectivity index (χ4n) is 4.27. The molecule has 0 aliphatic carbocycles. The molecule has 42 heavy (non-hydrogen) atoms. The standard InChI is InChI=1S/C30H31N7O5/c31-28-27(29(38)36-25-18-32-11-10-26(25)37-13-16-40-17-14-37)35-24(19-34-28)22-6-8-23(9-7-22)41-15-12-33-30(39)42-20-21-4-2-1-3-5-21/h1-11,18-19H,12-17,20H2,(H2,31,34)(H,33,39)(H,36,38). The quantitative estimate of drug-likeness (QED) is 0.242. The van der Waals surface area contributed by atoms with E-state index in [0.717, 1.165) is 16.8 Å². The number of nitrogens with zero attached hydrogens (tertiary/aromatic N) is 4. The molecule has 0 spiro atoms. The average Bonchev–Trinajstić information content (AvgIpc) is 3.04. The highest BCUT2D eigenvalue weighted by Gasteiger charge is 2.20. The van der Waals surface area contributed by atoms with Crippen molar-refractivity contribution in [1.29, 1.82) is 0 Å². The van der Waals surface area contributed by atoms with Crippen molar-refractivity contribution in [1.82, 2.24) is 20.3 Å². The maximum Gasteiger partial charge on any atom is 0.407 e. The third-order valence-electron chi connectivity index (χ3n) is 6.42. The number of ether oxygens (including phenoxy) is 3. The molecule has 0 saturated carbocycles. The van der Waals surface area contributed by atoms with Gasteiger partial charge >= 0.3 is 6.09 Å². The predicted octanol–water partition coefficient (Wildman–Crippen LogP) is 3.51. The minimum atomic E-state index is -0.514. The van der Waals surface area contributed by atoms with Crippen LogP contribution < -0.4 is 26.0 Å². The predicted molar refractivity (Wildman–Crippen MR) is 157 cm³/mol. The molecule has 4 N–H and O–H groups in total. The summed E-state index contributed by atoms with van der Waals surface area (Å²) in [5.74, 6) is 0.133. The molecule has 2 aromatic heterocycles. The summed E-state index contributed by atoms with van der Waals surface area (Å²) in [7, 11) is 0. The van der Waals surface area contributed by atoms with Crippen molar-refractivity contribution in [2.24, 2.45) is 0 Å². The van der Waals surface area contributed by atoms with E-state index < -0.39 is 12.0 Å². The third-order valence-corrected chi connectivity index (χ3v) is 6.42. The topological polar surface area (TPSA) is 154 Å². The average molecular weight is 570 g/mol. The van der Waals surface area contributed by atoms with Crippen molar-refractivity contribution in [2.75, 3.05) is 55.4 Å². The number of nitrogens with one attached hydrogen (secondary N) is 2. The summed E-state index contributed by atoms with van der Waals surface area (Å²) in [5, 5.41) is 5.54. The minimum absolute atomic E-state index is 0.00910. The molecule has 1 aliphatic heterocycles. The summed E-state index contributed by atoms with van der Waals surface area (Å²) >= 11 is 0. The maximum atomic E-state index is 13.2. The lowest BCUT2D eigenvalue weighted by Gasteiger charge is -2.30. The molecular weight excluding hydrogens is 538 g/mol. The smallest absolute Gasteiger partial charge is 0.407 e. The Balaban J connectivity index is 1.15. The molecule has 4 aromatic rings. The van der Waals surface area contributed by atoms with E-state index >= 15 is 0 Å². The normalized spacial score (nSPS) is 12.8. The first-order valence-electron chi connectivity index (χ1n) is 13.4. The number of carbonyl (C=O) groups is 2. The van der Waals surface area contributed by atoms with E-state index in [4.69, 9.17) is 19.9 Å². The molecule has 0 unspecified atom stereocenters. The lowest BCUT2D eigenvalue weighted by Crippen LogP contribution is -2.36. The first kappa shape index (κ1) is 28.3. The summed E-state index contributed by atoms with van der Waals surface area (Å²) in [6.07, 6.45) is 4.27. The Morgan fingerprint density at radius 2 is 1.79 bits per heavy atom. The second kappa shape index (κ2) is 13.9. The van der Waals surface area contributed by atoms with Gasteiger partial charge in [0.05, 0.1) is 49.2 Å². The number of morpholine rings is 1. The number of hydrogen-bond donors (Lipinski definition) is 3. The second-order valence-electron chi connectivity index (χ2n) is 9.30. The van der Waals surface area contributed by atoms with E-state index in [1.165, 1.54) is 6.20 Å². The minimum Gasteiger partial charge on any atom is -0.492 e. The Hall–Kier alpha value is -5.23. The number of amides is 2. The summed E-state index contributed by atoms with van der Waals surface area (Å²) in [6, 6.07) is 18.4. The fraction of sp³-hybridized carbons (Fsp3) is 0.233. The molecule has 0 radical (unpaired) electrons. The van der Waals surface area contributed by atoms with Crippen LogP contribution >= 0.6 is 0 Å². The summed E-state index contributed by atoms with van der Waals surface area (Å²) < 4.78 is 16.3. The number of hydrogen-bond acceptors (Lipinski definition) is 10. The van der Waals surface area contributed by atoms with Crippen molar-refractivity contribution in [3.05, 3.63) is 90.5 Å². The Bertz CT molecular complexity index is 1500. The summed E-state index contributed by atoms with van der Waals surface area (Å²) in [5.41, 5.74) is 9.55. The molecule has 0 atom stereocenters. The van der Waals surface area contributed by atoms with Crippen molar-refractivity contribution in [3.8, 4) is 17.0 Å². The van der Waals surface area contributed by atoms with Gasteiger partial charge in [-0.25, -0.2) is 14.8 Å². The van der Waals surface area contributed by atoms with Gasteiger partial charge in [0, 0.05) is 24.8 Å². The van der Waals surface area contributed by atoms with Crippen LogP contribution in [0.2, 0.25) is 0 Å². The number of rotatable bonds is 10. The summed E-state index contributed by atoms with van der Waals surface area (Å²) in [4.78, 5) is 40.0. The van der Waals surface area contributed by atoms with Crippen LogP contribution in [0.1, 0.15) is 16.1 Å². The monoisotopic (exact) mass is 569 g/mol. The van der Waals surface area contributed by atoms with Crippen molar-refractivity contribution >= 4 is 29.2 Å². The zero-order chi connectivity index (χ0) is 29.1. The van der Waals surface area contributed by atoms with Gasteiger partial charge in [-0.1, -0.05) is 30.3 Å². The first-order valence-corrected chi connectivity index (χ1v) is 13.4. The van der Waals surface area contributed by atoms with Gasteiger partial charge in [0.2, 0.25) is 0 Å². The highest BCUT2D eigenvalue weighted by Crippen LogP contribution is 2.27. The van der Waals surface area contributed by atoms with E-state index in [1.807, 2.05) is 36.4 Å². The van der Waals surface area contributed by atoms with Gasteiger partial charge in [-0.15, -0.1) is 0 Å². The number of carbonyl (C=O) groups excluding carboxylic acids is 2. The molecule has 12 nitrogen and oxygen atoms in total. The zero-order valence-electron chi connectivity index (χ0n) is 22.9. The molecule has 3 heterocycles. The lowest BCUT2D eigenvalue weighted by atomic mass is 10.1. The Morgan fingerprint density at radius 3 is 2.57 bits per heavy atom. The van der Waals surface area contributed by atoms with E-state index in [0.29, 0.717) is 43.4 Å². The van der Waals surface area contributed by atoms with Gasteiger partial charge in [0.15, 0.2) is 11.5 Å².